The number of rotatable bonds is 4. The third kappa shape index (κ3) is 4.27. The molecule has 2 heterocycles. The number of hydrogen-bond acceptors (Lipinski definition) is 4. The highest BCUT2D eigenvalue weighted by Gasteiger charge is 2.27. The molecule has 2 rings (SSSR count). The summed E-state index contributed by atoms with van der Waals surface area (Å²) >= 11 is 1.74. The average Bonchev–Trinajstić information content (AvgIpc) is 2.88. The number of sulfonamides is 1. The summed E-state index contributed by atoms with van der Waals surface area (Å²) in [7, 11) is -3.01. The lowest BCUT2D eigenvalue weighted by molar-refractivity contribution is 0.273. The number of hydrogen-bond donors (Lipinski definition) is 0. The summed E-state index contributed by atoms with van der Waals surface area (Å²) in [6.45, 7) is 9.58. The summed E-state index contributed by atoms with van der Waals surface area (Å²) in [5, 5.41) is 3.35. The van der Waals surface area contributed by atoms with E-state index in [0.717, 1.165) is 25.0 Å². The second kappa shape index (κ2) is 6.34. The van der Waals surface area contributed by atoms with Crippen molar-refractivity contribution < 1.29 is 8.42 Å². The summed E-state index contributed by atoms with van der Waals surface area (Å²) in [4.78, 5) is 4.75. The van der Waals surface area contributed by atoms with Gasteiger partial charge in [0.15, 0.2) is 0 Å². The molecule has 1 fully saturated rings. The topological polar surface area (TPSA) is 50.3 Å². The average molecular weight is 331 g/mol. The maximum atomic E-state index is 11.8. The van der Waals surface area contributed by atoms with E-state index in [1.165, 1.54) is 5.01 Å². The molecule has 120 valence electrons. The first-order chi connectivity index (χ1) is 9.72. The van der Waals surface area contributed by atoms with Crippen LogP contribution in [0.5, 0.6) is 0 Å². The van der Waals surface area contributed by atoms with Gasteiger partial charge in [-0.15, -0.1) is 11.3 Å². The molecule has 0 spiro atoms. The van der Waals surface area contributed by atoms with Crippen molar-refractivity contribution in [2.45, 2.75) is 52.4 Å². The Labute approximate surface area is 132 Å². The van der Waals surface area contributed by atoms with E-state index in [4.69, 9.17) is 4.98 Å². The van der Waals surface area contributed by atoms with Gasteiger partial charge in [-0.25, -0.2) is 17.7 Å². The van der Waals surface area contributed by atoms with E-state index in [0.29, 0.717) is 19.0 Å². The van der Waals surface area contributed by atoms with Crippen LogP contribution in [0.2, 0.25) is 0 Å². The van der Waals surface area contributed by atoms with Crippen molar-refractivity contribution in [2.24, 2.45) is 5.92 Å². The summed E-state index contributed by atoms with van der Waals surface area (Å²) in [6.07, 6.45) is 2.88. The van der Waals surface area contributed by atoms with Crippen molar-refractivity contribution in [1.29, 1.82) is 0 Å². The summed E-state index contributed by atoms with van der Waals surface area (Å²) < 4.78 is 25.3. The Bertz CT molecular complexity index is 565. The molecule has 1 aromatic rings. The SMILES string of the molecule is CCS(=O)(=O)N1CCC(Cc2nc(C(C)(C)C)cs2)CC1. The molecule has 0 saturated carbocycles. The predicted octanol–water partition coefficient (Wildman–Crippen LogP) is 3.04. The first-order valence-corrected chi connectivity index (χ1v) is 10.1. The lowest BCUT2D eigenvalue weighted by atomic mass is 9.93. The molecule has 1 aliphatic rings. The van der Waals surface area contributed by atoms with Gasteiger partial charge >= 0.3 is 0 Å². The van der Waals surface area contributed by atoms with Gasteiger partial charge in [0.1, 0.15) is 0 Å². The van der Waals surface area contributed by atoms with Gasteiger partial charge in [0.2, 0.25) is 10.0 Å². The fourth-order valence-corrected chi connectivity index (χ4v) is 4.84. The van der Waals surface area contributed by atoms with Gasteiger partial charge in [-0.1, -0.05) is 20.8 Å². The Morgan fingerprint density at radius 1 is 1.33 bits per heavy atom. The minimum Gasteiger partial charge on any atom is -0.246 e. The molecule has 0 aliphatic carbocycles. The van der Waals surface area contributed by atoms with Gasteiger partial charge in [0, 0.05) is 30.3 Å². The van der Waals surface area contributed by atoms with Crippen molar-refractivity contribution in [3.63, 3.8) is 0 Å². The highest BCUT2D eigenvalue weighted by molar-refractivity contribution is 7.89. The van der Waals surface area contributed by atoms with Crippen LogP contribution in [0.1, 0.15) is 51.2 Å². The first-order valence-electron chi connectivity index (χ1n) is 7.65. The summed E-state index contributed by atoms with van der Waals surface area (Å²) in [5.74, 6) is 0.770. The molecule has 0 aromatic carbocycles. The predicted molar refractivity (Wildman–Crippen MR) is 88.3 cm³/mol. The first kappa shape index (κ1) is 16.9. The molecule has 1 aromatic heterocycles. The van der Waals surface area contributed by atoms with E-state index < -0.39 is 10.0 Å². The fourth-order valence-electron chi connectivity index (χ4n) is 2.57. The quantitative estimate of drug-likeness (QED) is 0.852. The summed E-state index contributed by atoms with van der Waals surface area (Å²) in [5.41, 5.74) is 1.27. The molecule has 0 radical (unpaired) electrons. The molecule has 1 aliphatic heterocycles. The third-order valence-electron chi connectivity index (χ3n) is 4.12. The molecule has 4 nitrogen and oxygen atoms in total. The normalized spacial score (nSPS) is 19.0. The van der Waals surface area contributed by atoms with Crippen LogP contribution in [-0.2, 0) is 21.9 Å². The van der Waals surface area contributed by atoms with Crippen LogP contribution in [0.15, 0.2) is 5.38 Å². The van der Waals surface area contributed by atoms with Gasteiger partial charge in [-0.05, 0) is 25.7 Å². The second-order valence-electron chi connectivity index (χ2n) is 6.82. The second-order valence-corrected chi connectivity index (χ2v) is 10.0. The van der Waals surface area contributed by atoms with Crippen LogP contribution < -0.4 is 0 Å². The van der Waals surface area contributed by atoms with E-state index in [9.17, 15) is 8.42 Å². The lowest BCUT2D eigenvalue weighted by Crippen LogP contribution is -2.39. The molecule has 0 unspecified atom stereocenters. The summed E-state index contributed by atoms with van der Waals surface area (Å²) in [6, 6.07) is 0. The molecule has 0 amide bonds. The van der Waals surface area contributed by atoms with E-state index in [1.807, 2.05) is 0 Å². The molecular formula is C15H26N2O2S2. The maximum absolute atomic E-state index is 11.8. The Hall–Kier alpha value is -0.460. The Kier molecular flexibility index (Phi) is 5.11. The van der Waals surface area contributed by atoms with Crippen LogP contribution in [0.4, 0.5) is 0 Å². The molecule has 0 atom stereocenters. The fraction of sp³-hybridized carbons (Fsp3) is 0.800. The highest BCUT2D eigenvalue weighted by Crippen LogP contribution is 2.28. The van der Waals surface area contributed by atoms with E-state index >= 15 is 0 Å². The third-order valence-corrected chi connectivity index (χ3v) is 6.87. The molecule has 0 bridgehead atoms. The van der Waals surface area contributed by atoms with E-state index in [1.54, 1.807) is 22.6 Å². The standard InChI is InChI=1S/C15H26N2O2S2/c1-5-21(18,19)17-8-6-12(7-9-17)10-14-16-13(11-20-14)15(2,3)4/h11-12H,5-10H2,1-4H3. The Balaban J connectivity index is 1.91. The number of nitrogens with zero attached hydrogens (tertiary/aromatic N) is 2. The Morgan fingerprint density at radius 2 is 1.95 bits per heavy atom. The van der Waals surface area contributed by atoms with Crippen molar-refractivity contribution in [1.82, 2.24) is 9.29 Å². The smallest absolute Gasteiger partial charge is 0.213 e. The number of piperidine rings is 1. The molecule has 21 heavy (non-hydrogen) atoms. The van der Waals surface area contributed by atoms with Crippen LogP contribution in [-0.4, -0.2) is 36.5 Å². The maximum Gasteiger partial charge on any atom is 0.213 e. The van der Waals surface area contributed by atoms with Gasteiger partial charge in [-0.3, -0.25) is 0 Å². The van der Waals surface area contributed by atoms with Gasteiger partial charge in [0.05, 0.1) is 16.5 Å². The van der Waals surface area contributed by atoms with Crippen LogP contribution >= 0.6 is 11.3 Å². The van der Waals surface area contributed by atoms with Crippen molar-refractivity contribution in [3.8, 4) is 0 Å². The zero-order chi connectivity index (χ0) is 15.7. The monoisotopic (exact) mass is 330 g/mol. The largest absolute Gasteiger partial charge is 0.246 e. The zero-order valence-electron chi connectivity index (χ0n) is 13.4. The van der Waals surface area contributed by atoms with E-state index in [2.05, 4.69) is 26.2 Å². The van der Waals surface area contributed by atoms with Crippen LogP contribution in [0.3, 0.4) is 0 Å². The van der Waals surface area contributed by atoms with Crippen molar-refractivity contribution in [2.75, 3.05) is 18.8 Å². The number of aromatic nitrogens is 1. The van der Waals surface area contributed by atoms with Crippen molar-refractivity contribution >= 4 is 21.4 Å². The number of thiazole rings is 1. The molecular weight excluding hydrogens is 304 g/mol. The van der Waals surface area contributed by atoms with Crippen LogP contribution in [0.25, 0.3) is 0 Å². The molecule has 1 saturated heterocycles. The molecule has 0 N–H and O–H groups in total. The minimum absolute atomic E-state index is 0.104. The molecule has 6 heteroatoms. The van der Waals surface area contributed by atoms with Crippen molar-refractivity contribution in [3.05, 3.63) is 16.1 Å². The van der Waals surface area contributed by atoms with Gasteiger partial charge in [0.25, 0.3) is 0 Å². The van der Waals surface area contributed by atoms with Gasteiger partial charge in [-0.2, -0.15) is 0 Å². The highest BCUT2D eigenvalue weighted by atomic mass is 32.2. The lowest BCUT2D eigenvalue weighted by Gasteiger charge is -2.30. The minimum atomic E-state index is -3.01. The van der Waals surface area contributed by atoms with Crippen LogP contribution in [0, 0.1) is 5.92 Å². The van der Waals surface area contributed by atoms with Gasteiger partial charge < -0.3 is 0 Å². The zero-order valence-corrected chi connectivity index (χ0v) is 15.1. The van der Waals surface area contributed by atoms with E-state index in [-0.39, 0.29) is 11.2 Å². The Morgan fingerprint density at radius 3 is 2.43 bits per heavy atom.